The van der Waals surface area contributed by atoms with E-state index < -0.39 is 0 Å². The summed E-state index contributed by atoms with van der Waals surface area (Å²) >= 11 is 0. The van der Waals surface area contributed by atoms with Gasteiger partial charge in [-0.15, -0.1) is 0 Å². The molecule has 0 aliphatic rings. The van der Waals surface area contributed by atoms with E-state index in [9.17, 15) is 0 Å². The first kappa shape index (κ1) is 13.8. The largest absolute Gasteiger partial charge is 0.396 e. The van der Waals surface area contributed by atoms with Gasteiger partial charge in [-0.2, -0.15) is 0 Å². The molecule has 0 bridgehead atoms. The van der Waals surface area contributed by atoms with Crippen molar-refractivity contribution >= 4 is 0 Å². The third-order valence-electron chi connectivity index (χ3n) is 2.23. The number of aliphatic hydroxyl groups excluding tert-OH is 1. The zero-order valence-corrected chi connectivity index (χ0v) is 9.55. The molecule has 4 nitrogen and oxygen atoms in total. The molecule has 0 saturated heterocycles. The SMILES string of the molecule is CCOCC(C)(CN)NC(C)CCO. The van der Waals surface area contributed by atoms with Crippen LogP contribution in [0.3, 0.4) is 0 Å². The minimum absolute atomic E-state index is 0.190. The van der Waals surface area contributed by atoms with Gasteiger partial charge in [-0.05, 0) is 27.2 Å². The number of hydrogen-bond acceptors (Lipinski definition) is 4. The van der Waals surface area contributed by atoms with Crippen LogP contribution in [0.25, 0.3) is 0 Å². The first-order chi connectivity index (χ1) is 6.58. The minimum Gasteiger partial charge on any atom is -0.396 e. The maximum absolute atomic E-state index is 8.78. The summed E-state index contributed by atoms with van der Waals surface area (Å²) in [5.74, 6) is 0. The summed E-state index contributed by atoms with van der Waals surface area (Å²) in [6.45, 7) is 8.08. The average molecular weight is 204 g/mol. The molecule has 0 aliphatic heterocycles. The molecule has 0 amide bonds. The monoisotopic (exact) mass is 204 g/mol. The van der Waals surface area contributed by atoms with Gasteiger partial charge >= 0.3 is 0 Å². The van der Waals surface area contributed by atoms with E-state index in [-0.39, 0.29) is 18.2 Å². The molecule has 4 N–H and O–H groups in total. The quantitative estimate of drug-likeness (QED) is 0.524. The van der Waals surface area contributed by atoms with Crippen molar-refractivity contribution in [3.63, 3.8) is 0 Å². The van der Waals surface area contributed by atoms with Gasteiger partial charge in [0.1, 0.15) is 0 Å². The molecule has 4 heteroatoms. The topological polar surface area (TPSA) is 67.5 Å². The fraction of sp³-hybridized carbons (Fsp3) is 1.00. The third kappa shape index (κ3) is 5.54. The molecule has 0 aromatic carbocycles. The highest BCUT2D eigenvalue weighted by atomic mass is 16.5. The molecule has 86 valence electrons. The van der Waals surface area contributed by atoms with Crippen molar-refractivity contribution < 1.29 is 9.84 Å². The van der Waals surface area contributed by atoms with Crippen LogP contribution in [0.2, 0.25) is 0 Å². The van der Waals surface area contributed by atoms with Crippen LogP contribution in [0, 0.1) is 0 Å². The molecule has 2 unspecified atom stereocenters. The fourth-order valence-electron chi connectivity index (χ4n) is 1.35. The lowest BCUT2D eigenvalue weighted by molar-refractivity contribution is 0.0803. The molecule has 0 aliphatic carbocycles. The number of aliphatic hydroxyl groups is 1. The summed E-state index contributed by atoms with van der Waals surface area (Å²) in [4.78, 5) is 0. The first-order valence-electron chi connectivity index (χ1n) is 5.24. The first-order valence-corrected chi connectivity index (χ1v) is 5.24. The highest BCUT2D eigenvalue weighted by Crippen LogP contribution is 2.05. The van der Waals surface area contributed by atoms with Crippen LogP contribution in [0.5, 0.6) is 0 Å². The molecule has 0 radical (unpaired) electrons. The fourth-order valence-corrected chi connectivity index (χ4v) is 1.35. The molecule has 0 rings (SSSR count). The van der Waals surface area contributed by atoms with Gasteiger partial charge in [0.15, 0.2) is 0 Å². The molecule has 0 aromatic rings. The lowest BCUT2D eigenvalue weighted by atomic mass is 10.0. The summed E-state index contributed by atoms with van der Waals surface area (Å²) in [6.07, 6.45) is 0.738. The Hall–Kier alpha value is -0.160. The zero-order chi connectivity index (χ0) is 11.0. The van der Waals surface area contributed by atoms with Gasteiger partial charge in [0, 0.05) is 25.8 Å². The van der Waals surface area contributed by atoms with E-state index in [1.165, 1.54) is 0 Å². The Bertz CT molecular complexity index is 144. The summed E-state index contributed by atoms with van der Waals surface area (Å²) in [7, 11) is 0. The van der Waals surface area contributed by atoms with Gasteiger partial charge in [-0.25, -0.2) is 0 Å². The van der Waals surface area contributed by atoms with Crippen molar-refractivity contribution in [1.82, 2.24) is 5.32 Å². The molecular weight excluding hydrogens is 180 g/mol. The van der Waals surface area contributed by atoms with Crippen LogP contribution in [-0.2, 0) is 4.74 Å². The van der Waals surface area contributed by atoms with E-state index in [4.69, 9.17) is 15.6 Å². The number of nitrogens with two attached hydrogens (primary N) is 1. The second-order valence-electron chi connectivity index (χ2n) is 3.96. The second-order valence-corrected chi connectivity index (χ2v) is 3.96. The Morgan fingerprint density at radius 1 is 1.57 bits per heavy atom. The number of hydrogen-bond donors (Lipinski definition) is 3. The Labute approximate surface area is 86.8 Å². The maximum atomic E-state index is 8.78. The molecule has 0 fully saturated rings. The highest BCUT2D eigenvalue weighted by Gasteiger charge is 2.23. The van der Waals surface area contributed by atoms with Crippen molar-refractivity contribution in [2.75, 3.05) is 26.4 Å². The molecule has 0 saturated carbocycles. The summed E-state index contributed by atoms with van der Waals surface area (Å²) in [6, 6.07) is 0.258. The van der Waals surface area contributed by atoms with Gasteiger partial charge in [0.25, 0.3) is 0 Å². The van der Waals surface area contributed by atoms with E-state index in [2.05, 4.69) is 5.32 Å². The van der Waals surface area contributed by atoms with Crippen LogP contribution in [0.15, 0.2) is 0 Å². The average Bonchev–Trinajstić information content (AvgIpc) is 2.15. The van der Waals surface area contributed by atoms with Crippen LogP contribution in [0.4, 0.5) is 0 Å². The third-order valence-corrected chi connectivity index (χ3v) is 2.23. The summed E-state index contributed by atoms with van der Waals surface area (Å²) in [5, 5.41) is 12.1. The van der Waals surface area contributed by atoms with E-state index in [1.807, 2.05) is 20.8 Å². The van der Waals surface area contributed by atoms with Gasteiger partial charge in [0.2, 0.25) is 0 Å². The van der Waals surface area contributed by atoms with Gasteiger partial charge < -0.3 is 20.9 Å². The Kier molecular flexibility index (Phi) is 7.09. The van der Waals surface area contributed by atoms with Crippen LogP contribution in [-0.4, -0.2) is 43.1 Å². The van der Waals surface area contributed by atoms with Crippen molar-refractivity contribution in [3.8, 4) is 0 Å². The second kappa shape index (κ2) is 7.17. The normalized spacial score (nSPS) is 17.8. The number of rotatable bonds is 8. The molecule has 0 aromatic heterocycles. The Morgan fingerprint density at radius 3 is 2.64 bits per heavy atom. The zero-order valence-electron chi connectivity index (χ0n) is 9.55. The number of nitrogens with one attached hydrogen (secondary N) is 1. The van der Waals surface area contributed by atoms with E-state index in [0.29, 0.717) is 19.8 Å². The molecule has 0 spiro atoms. The van der Waals surface area contributed by atoms with Crippen LogP contribution >= 0.6 is 0 Å². The number of ether oxygens (including phenoxy) is 1. The van der Waals surface area contributed by atoms with Crippen LogP contribution < -0.4 is 11.1 Å². The van der Waals surface area contributed by atoms with Crippen LogP contribution in [0.1, 0.15) is 27.2 Å². The summed E-state index contributed by atoms with van der Waals surface area (Å²) < 4.78 is 5.36. The van der Waals surface area contributed by atoms with Crippen molar-refractivity contribution in [2.45, 2.75) is 38.8 Å². The summed E-state index contributed by atoms with van der Waals surface area (Å²) in [5.41, 5.74) is 5.50. The van der Waals surface area contributed by atoms with Crippen molar-refractivity contribution in [2.24, 2.45) is 5.73 Å². The lowest BCUT2D eigenvalue weighted by Crippen LogP contribution is -2.55. The predicted molar refractivity (Wildman–Crippen MR) is 58.3 cm³/mol. The van der Waals surface area contributed by atoms with Crippen molar-refractivity contribution in [1.29, 1.82) is 0 Å². The Morgan fingerprint density at radius 2 is 2.21 bits per heavy atom. The van der Waals surface area contributed by atoms with E-state index >= 15 is 0 Å². The molecule has 14 heavy (non-hydrogen) atoms. The molecule has 0 heterocycles. The minimum atomic E-state index is -0.190. The van der Waals surface area contributed by atoms with Gasteiger partial charge in [-0.3, -0.25) is 0 Å². The van der Waals surface area contributed by atoms with Gasteiger partial charge in [0.05, 0.1) is 12.1 Å². The highest BCUT2D eigenvalue weighted by molar-refractivity contribution is 4.86. The molecule has 2 atom stereocenters. The molecular formula is C10H24N2O2. The predicted octanol–water partition coefficient (Wildman–Crippen LogP) is 0.101. The smallest absolute Gasteiger partial charge is 0.0657 e. The lowest BCUT2D eigenvalue weighted by Gasteiger charge is -2.32. The van der Waals surface area contributed by atoms with E-state index in [1.54, 1.807) is 0 Å². The van der Waals surface area contributed by atoms with Gasteiger partial charge in [-0.1, -0.05) is 0 Å². The maximum Gasteiger partial charge on any atom is 0.0657 e. The van der Waals surface area contributed by atoms with Crippen molar-refractivity contribution in [3.05, 3.63) is 0 Å². The Balaban J connectivity index is 3.96. The standard InChI is InChI=1S/C10H24N2O2/c1-4-14-8-10(3,7-11)12-9(2)5-6-13/h9,12-13H,4-8,11H2,1-3H3. The van der Waals surface area contributed by atoms with E-state index in [0.717, 1.165) is 6.42 Å².